The van der Waals surface area contributed by atoms with Crippen LogP contribution in [-0.4, -0.2) is 20.3 Å². The molecule has 2 heterocycles. The van der Waals surface area contributed by atoms with E-state index < -0.39 is 0 Å². The minimum absolute atomic E-state index is 0.0744. The summed E-state index contributed by atoms with van der Waals surface area (Å²) in [5.74, 6) is 3.40. The molecule has 0 N–H and O–H groups in total. The van der Waals surface area contributed by atoms with Gasteiger partial charge in [0.15, 0.2) is 11.5 Å². The molecule has 35 heavy (non-hydrogen) atoms. The third-order valence-electron chi connectivity index (χ3n) is 6.22. The summed E-state index contributed by atoms with van der Waals surface area (Å²) < 4.78 is 29.1. The van der Waals surface area contributed by atoms with Gasteiger partial charge in [-0.3, -0.25) is 4.79 Å². The molecular formula is C29H28O6. The molecule has 4 aromatic rings. The van der Waals surface area contributed by atoms with Crippen molar-refractivity contribution < 1.29 is 23.4 Å². The van der Waals surface area contributed by atoms with Crippen LogP contribution in [0.4, 0.5) is 0 Å². The molecule has 0 atom stereocenters. The number of aryl methyl sites for hydroxylation is 2. The Hall–Kier alpha value is -3.93. The lowest BCUT2D eigenvalue weighted by Crippen LogP contribution is -2.09. The van der Waals surface area contributed by atoms with Crippen molar-refractivity contribution in [2.24, 2.45) is 0 Å². The van der Waals surface area contributed by atoms with Gasteiger partial charge in [-0.1, -0.05) is 25.1 Å². The number of methoxy groups -OCH3 is 1. The molecule has 0 bridgehead atoms. The van der Waals surface area contributed by atoms with Crippen LogP contribution in [-0.2, 0) is 13.0 Å². The second-order valence-corrected chi connectivity index (χ2v) is 8.52. The number of benzene rings is 3. The Labute approximate surface area is 204 Å². The van der Waals surface area contributed by atoms with Crippen molar-refractivity contribution >= 4 is 11.0 Å². The maximum absolute atomic E-state index is 13.6. The zero-order valence-corrected chi connectivity index (χ0v) is 20.2. The van der Waals surface area contributed by atoms with Gasteiger partial charge in [0.1, 0.15) is 29.4 Å². The highest BCUT2D eigenvalue weighted by atomic mass is 16.5. The van der Waals surface area contributed by atoms with Gasteiger partial charge in [-0.15, -0.1) is 0 Å². The van der Waals surface area contributed by atoms with Crippen molar-refractivity contribution in [1.29, 1.82) is 0 Å². The lowest BCUT2D eigenvalue weighted by Gasteiger charge is -2.14. The lowest BCUT2D eigenvalue weighted by atomic mass is 10.0. The fourth-order valence-electron chi connectivity index (χ4n) is 4.33. The molecule has 0 unspecified atom stereocenters. The molecule has 0 amide bonds. The average Bonchev–Trinajstić information content (AvgIpc) is 3.12. The van der Waals surface area contributed by atoms with Gasteiger partial charge < -0.3 is 23.4 Å². The Balaban J connectivity index is 1.51. The molecule has 5 rings (SSSR count). The minimum Gasteiger partial charge on any atom is -0.497 e. The van der Waals surface area contributed by atoms with Crippen LogP contribution in [0.5, 0.6) is 23.0 Å². The zero-order valence-electron chi connectivity index (χ0n) is 20.2. The highest BCUT2D eigenvalue weighted by molar-refractivity contribution is 5.85. The lowest BCUT2D eigenvalue weighted by molar-refractivity contribution is 0.297. The topological polar surface area (TPSA) is 67.1 Å². The van der Waals surface area contributed by atoms with E-state index in [0.717, 1.165) is 35.3 Å². The van der Waals surface area contributed by atoms with Gasteiger partial charge in [0.2, 0.25) is 5.43 Å². The minimum atomic E-state index is -0.0744. The first-order chi connectivity index (χ1) is 17.1. The van der Waals surface area contributed by atoms with Crippen molar-refractivity contribution in [2.75, 3.05) is 20.3 Å². The molecule has 1 aliphatic rings. The van der Waals surface area contributed by atoms with Crippen molar-refractivity contribution in [3.05, 3.63) is 81.7 Å². The standard InChI is InChI=1S/C29H28O6/c1-4-20-14-23-26(16-25(20)34-17-19-6-9-22(31-3)10-7-19)35-18(2)28(29(23)30)21-8-11-24-27(15-21)33-13-5-12-32-24/h6-11,14-16H,4-5,12-13,17H2,1-3H3. The average molecular weight is 473 g/mol. The van der Waals surface area contributed by atoms with Crippen LogP contribution in [0.25, 0.3) is 22.1 Å². The highest BCUT2D eigenvalue weighted by Gasteiger charge is 2.19. The maximum atomic E-state index is 13.6. The van der Waals surface area contributed by atoms with Crippen molar-refractivity contribution in [1.82, 2.24) is 0 Å². The molecule has 0 radical (unpaired) electrons. The summed E-state index contributed by atoms with van der Waals surface area (Å²) in [4.78, 5) is 13.6. The molecule has 0 spiro atoms. The predicted molar refractivity (Wildman–Crippen MR) is 135 cm³/mol. The van der Waals surface area contributed by atoms with E-state index >= 15 is 0 Å². The fourth-order valence-corrected chi connectivity index (χ4v) is 4.33. The van der Waals surface area contributed by atoms with Gasteiger partial charge in [0.25, 0.3) is 0 Å². The second kappa shape index (κ2) is 9.74. The third-order valence-corrected chi connectivity index (χ3v) is 6.22. The monoisotopic (exact) mass is 472 g/mol. The predicted octanol–water partition coefficient (Wildman–Crippen LogP) is 6.08. The van der Waals surface area contributed by atoms with E-state index in [4.69, 9.17) is 23.4 Å². The van der Waals surface area contributed by atoms with Crippen LogP contribution in [0.2, 0.25) is 0 Å². The summed E-state index contributed by atoms with van der Waals surface area (Å²) >= 11 is 0. The Kier molecular flexibility index (Phi) is 6.36. The van der Waals surface area contributed by atoms with Crippen LogP contribution >= 0.6 is 0 Å². The largest absolute Gasteiger partial charge is 0.497 e. The second-order valence-electron chi connectivity index (χ2n) is 8.52. The summed E-state index contributed by atoms with van der Waals surface area (Å²) in [6.45, 7) is 5.46. The first-order valence-electron chi connectivity index (χ1n) is 11.8. The first kappa shape index (κ1) is 22.8. The maximum Gasteiger partial charge on any atom is 0.200 e. The molecule has 0 aliphatic carbocycles. The highest BCUT2D eigenvalue weighted by Crippen LogP contribution is 2.36. The molecule has 6 nitrogen and oxygen atoms in total. The smallest absolute Gasteiger partial charge is 0.200 e. The molecule has 0 saturated heterocycles. The van der Waals surface area contributed by atoms with Crippen molar-refractivity contribution in [3.63, 3.8) is 0 Å². The normalized spacial score (nSPS) is 12.9. The third kappa shape index (κ3) is 4.56. The SMILES string of the molecule is CCc1cc2c(=O)c(-c3ccc4c(c3)OCCCO4)c(C)oc2cc1OCc1ccc(OC)cc1. The molecule has 0 fully saturated rings. The van der Waals surface area contributed by atoms with E-state index in [9.17, 15) is 4.79 Å². The van der Waals surface area contributed by atoms with E-state index in [-0.39, 0.29) is 5.43 Å². The quantitative estimate of drug-likeness (QED) is 0.339. The zero-order chi connectivity index (χ0) is 24.4. The van der Waals surface area contributed by atoms with E-state index in [0.29, 0.717) is 59.4 Å². The molecule has 1 aliphatic heterocycles. The van der Waals surface area contributed by atoms with E-state index in [1.165, 1.54) is 0 Å². The molecular weight excluding hydrogens is 444 g/mol. The number of hydrogen-bond acceptors (Lipinski definition) is 6. The molecule has 180 valence electrons. The summed E-state index contributed by atoms with van der Waals surface area (Å²) in [5, 5.41) is 0.534. The molecule has 1 aromatic heterocycles. The van der Waals surface area contributed by atoms with Crippen LogP contribution < -0.4 is 24.4 Å². The summed E-state index contributed by atoms with van der Waals surface area (Å²) in [6.07, 6.45) is 1.55. The van der Waals surface area contributed by atoms with Gasteiger partial charge in [-0.2, -0.15) is 0 Å². The van der Waals surface area contributed by atoms with Crippen LogP contribution in [0, 0.1) is 6.92 Å². The molecule has 0 saturated carbocycles. The van der Waals surface area contributed by atoms with Crippen molar-refractivity contribution in [2.45, 2.75) is 33.3 Å². The van der Waals surface area contributed by atoms with Crippen LogP contribution in [0.15, 0.2) is 63.8 Å². The first-order valence-corrected chi connectivity index (χ1v) is 11.8. The number of rotatable bonds is 6. The van der Waals surface area contributed by atoms with Gasteiger partial charge >= 0.3 is 0 Å². The Morgan fingerprint density at radius 1 is 0.943 bits per heavy atom. The van der Waals surface area contributed by atoms with Crippen LogP contribution in [0.1, 0.15) is 30.2 Å². The Morgan fingerprint density at radius 3 is 2.46 bits per heavy atom. The van der Waals surface area contributed by atoms with E-state index in [1.807, 2.05) is 68.4 Å². The summed E-state index contributed by atoms with van der Waals surface area (Å²) in [5.41, 5.74) is 3.69. The number of hydrogen-bond donors (Lipinski definition) is 0. The van der Waals surface area contributed by atoms with Gasteiger partial charge in [0, 0.05) is 12.5 Å². The Morgan fingerprint density at radius 2 is 1.71 bits per heavy atom. The van der Waals surface area contributed by atoms with E-state index in [1.54, 1.807) is 7.11 Å². The number of fused-ring (bicyclic) bond motifs is 2. The molecule has 6 heteroatoms. The number of ether oxygens (including phenoxy) is 4. The van der Waals surface area contributed by atoms with Gasteiger partial charge in [-0.25, -0.2) is 0 Å². The Bertz CT molecular complexity index is 1420. The fraction of sp³-hybridized carbons (Fsp3) is 0.276. The van der Waals surface area contributed by atoms with Crippen LogP contribution in [0.3, 0.4) is 0 Å². The molecule has 3 aromatic carbocycles. The summed E-state index contributed by atoms with van der Waals surface area (Å²) in [7, 11) is 1.64. The van der Waals surface area contributed by atoms with Gasteiger partial charge in [0.05, 0.1) is 31.3 Å². The summed E-state index contributed by atoms with van der Waals surface area (Å²) in [6, 6.07) is 17.1. The van der Waals surface area contributed by atoms with E-state index in [2.05, 4.69) is 0 Å². The van der Waals surface area contributed by atoms with Gasteiger partial charge in [-0.05, 0) is 60.4 Å². The van der Waals surface area contributed by atoms with Crippen molar-refractivity contribution in [3.8, 4) is 34.1 Å².